The van der Waals surface area contributed by atoms with Crippen LogP contribution >= 0.6 is 0 Å². The van der Waals surface area contributed by atoms with Crippen molar-refractivity contribution in [1.29, 1.82) is 0 Å². The number of rotatable bonds is 4. The van der Waals surface area contributed by atoms with Crippen molar-refractivity contribution in [2.24, 2.45) is 11.8 Å². The van der Waals surface area contributed by atoms with E-state index in [-0.39, 0.29) is 17.3 Å². The fraction of sp³-hybridized carbons (Fsp3) is 0.467. The molecule has 7 heteroatoms. The second-order valence-corrected chi connectivity index (χ2v) is 7.80. The highest BCUT2D eigenvalue weighted by molar-refractivity contribution is 7.94. The molecule has 1 fully saturated rings. The van der Waals surface area contributed by atoms with Crippen molar-refractivity contribution in [3.05, 3.63) is 29.8 Å². The lowest BCUT2D eigenvalue weighted by Crippen LogP contribution is -2.30. The molecule has 1 heterocycles. The molecule has 1 saturated heterocycles. The van der Waals surface area contributed by atoms with Crippen molar-refractivity contribution < 1.29 is 18.0 Å². The second kappa shape index (κ2) is 6.08. The van der Waals surface area contributed by atoms with Gasteiger partial charge in [-0.1, -0.05) is 20.8 Å². The van der Waals surface area contributed by atoms with E-state index in [4.69, 9.17) is 0 Å². The fourth-order valence-corrected chi connectivity index (χ4v) is 4.05. The first-order valence-electron chi connectivity index (χ1n) is 7.17. The number of anilines is 1. The number of amides is 2. The Kier molecular flexibility index (Phi) is 4.55. The standard InChI is InChI=1S/C15H20N2O4S/c1-10(2)8-16-14(18)12-4-6-13(7-5-12)17-15(19)11(3)9-22(17,20)21/h4-7,10-11H,8-9H2,1-3H3,(H,16,18)/t11-/m0/s1. The van der Waals surface area contributed by atoms with Crippen LogP contribution in [0, 0.1) is 11.8 Å². The van der Waals surface area contributed by atoms with Gasteiger partial charge in [-0.05, 0) is 30.2 Å². The van der Waals surface area contributed by atoms with Gasteiger partial charge in [-0.25, -0.2) is 12.7 Å². The summed E-state index contributed by atoms with van der Waals surface area (Å²) in [6.45, 7) is 6.15. The summed E-state index contributed by atoms with van der Waals surface area (Å²) < 4.78 is 24.8. The highest BCUT2D eigenvalue weighted by Crippen LogP contribution is 2.28. The van der Waals surface area contributed by atoms with Gasteiger partial charge in [0.2, 0.25) is 15.9 Å². The fourth-order valence-electron chi connectivity index (χ4n) is 2.23. The first kappa shape index (κ1) is 16.5. The topological polar surface area (TPSA) is 83.6 Å². The largest absolute Gasteiger partial charge is 0.352 e. The zero-order valence-electron chi connectivity index (χ0n) is 12.9. The van der Waals surface area contributed by atoms with Gasteiger partial charge in [0, 0.05) is 12.1 Å². The number of nitrogens with one attached hydrogen (secondary N) is 1. The van der Waals surface area contributed by atoms with Crippen molar-refractivity contribution in [3.8, 4) is 0 Å². The highest BCUT2D eigenvalue weighted by atomic mass is 32.2. The van der Waals surface area contributed by atoms with Gasteiger partial charge in [-0.3, -0.25) is 9.59 Å². The summed E-state index contributed by atoms with van der Waals surface area (Å²) in [5, 5.41) is 2.78. The quantitative estimate of drug-likeness (QED) is 0.907. The predicted octanol–water partition coefficient (Wildman–Crippen LogP) is 1.38. The van der Waals surface area contributed by atoms with Crippen molar-refractivity contribution in [2.45, 2.75) is 20.8 Å². The zero-order chi connectivity index (χ0) is 16.5. The lowest BCUT2D eigenvalue weighted by molar-refractivity contribution is -0.119. The van der Waals surface area contributed by atoms with E-state index in [2.05, 4.69) is 5.32 Å². The maximum absolute atomic E-state index is 12.0. The minimum Gasteiger partial charge on any atom is -0.352 e. The van der Waals surface area contributed by atoms with Crippen molar-refractivity contribution in [1.82, 2.24) is 5.32 Å². The minimum atomic E-state index is -3.61. The van der Waals surface area contributed by atoms with Crippen LogP contribution in [0.2, 0.25) is 0 Å². The molecule has 2 rings (SSSR count). The van der Waals surface area contributed by atoms with Gasteiger partial charge in [-0.15, -0.1) is 0 Å². The third-order valence-electron chi connectivity index (χ3n) is 3.40. The van der Waals surface area contributed by atoms with Gasteiger partial charge in [-0.2, -0.15) is 0 Å². The Labute approximate surface area is 130 Å². The van der Waals surface area contributed by atoms with Crippen LogP contribution in [0.15, 0.2) is 24.3 Å². The van der Waals surface area contributed by atoms with Gasteiger partial charge in [0.05, 0.1) is 17.4 Å². The van der Waals surface area contributed by atoms with E-state index in [9.17, 15) is 18.0 Å². The first-order chi connectivity index (χ1) is 10.2. The second-order valence-electron chi connectivity index (χ2n) is 5.93. The molecule has 1 atom stereocenters. The summed E-state index contributed by atoms with van der Waals surface area (Å²) in [6.07, 6.45) is 0. The van der Waals surface area contributed by atoms with Crippen LogP contribution in [-0.4, -0.2) is 32.5 Å². The number of nitrogens with zero attached hydrogens (tertiary/aromatic N) is 1. The summed E-state index contributed by atoms with van der Waals surface area (Å²) in [5.41, 5.74) is 0.705. The van der Waals surface area contributed by atoms with Crippen molar-refractivity contribution in [2.75, 3.05) is 16.6 Å². The summed E-state index contributed by atoms with van der Waals surface area (Å²) in [4.78, 5) is 23.9. The molecule has 1 aromatic carbocycles. The third-order valence-corrected chi connectivity index (χ3v) is 5.26. The number of carbonyl (C=O) groups is 2. The Morgan fingerprint density at radius 3 is 2.36 bits per heavy atom. The van der Waals surface area contributed by atoms with Crippen LogP contribution in [0.1, 0.15) is 31.1 Å². The number of hydrogen-bond acceptors (Lipinski definition) is 4. The van der Waals surface area contributed by atoms with Crippen LogP contribution in [0.4, 0.5) is 5.69 Å². The maximum atomic E-state index is 12.0. The smallest absolute Gasteiger partial charge is 0.251 e. The minimum absolute atomic E-state index is 0.178. The average molecular weight is 324 g/mol. The number of sulfonamides is 1. The molecule has 0 bridgehead atoms. The van der Waals surface area contributed by atoms with Gasteiger partial charge in [0.1, 0.15) is 0 Å². The molecule has 1 aliphatic heterocycles. The summed E-state index contributed by atoms with van der Waals surface area (Å²) in [7, 11) is -3.61. The molecule has 0 unspecified atom stereocenters. The van der Waals surface area contributed by atoms with E-state index in [0.29, 0.717) is 18.0 Å². The normalized spacial score (nSPS) is 20.5. The van der Waals surface area contributed by atoms with Crippen LogP contribution in [0.5, 0.6) is 0 Å². The van der Waals surface area contributed by atoms with Crippen LogP contribution < -0.4 is 9.62 Å². The molecule has 120 valence electrons. The van der Waals surface area contributed by atoms with E-state index in [1.807, 2.05) is 13.8 Å². The van der Waals surface area contributed by atoms with E-state index in [1.165, 1.54) is 24.3 Å². The first-order valence-corrected chi connectivity index (χ1v) is 8.78. The average Bonchev–Trinajstić information content (AvgIpc) is 2.64. The maximum Gasteiger partial charge on any atom is 0.251 e. The number of benzene rings is 1. The zero-order valence-corrected chi connectivity index (χ0v) is 13.7. The Morgan fingerprint density at radius 2 is 1.91 bits per heavy atom. The SMILES string of the molecule is CC(C)CNC(=O)c1ccc(N2C(=O)[C@@H](C)CS2(=O)=O)cc1. The van der Waals surface area contributed by atoms with E-state index in [1.54, 1.807) is 6.92 Å². The summed E-state index contributed by atoms with van der Waals surface area (Å²) in [6, 6.07) is 6.02. The van der Waals surface area contributed by atoms with Gasteiger partial charge < -0.3 is 5.32 Å². The van der Waals surface area contributed by atoms with Crippen molar-refractivity contribution >= 4 is 27.5 Å². The summed E-state index contributed by atoms with van der Waals surface area (Å²) in [5.74, 6) is -1.03. The lowest BCUT2D eigenvalue weighted by atomic mass is 10.1. The lowest BCUT2D eigenvalue weighted by Gasteiger charge is -2.15. The molecule has 22 heavy (non-hydrogen) atoms. The molecule has 0 saturated carbocycles. The molecule has 0 aromatic heterocycles. The Balaban J connectivity index is 2.19. The molecule has 1 aromatic rings. The van der Waals surface area contributed by atoms with E-state index >= 15 is 0 Å². The monoisotopic (exact) mass is 324 g/mol. The molecular weight excluding hydrogens is 304 g/mol. The van der Waals surface area contributed by atoms with E-state index < -0.39 is 21.8 Å². The van der Waals surface area contributed by atoms with Crippen molar-refractivity contribution in [3.63, 3.8) is 0 Å². The molecule has 0 radical (unpaired) electrons. The Hall–Kier alpha value is -1.89. The Morgan fingerprint density at radius 1 is 1.32 bits per heavy atom. The Bertz CT molecular complexity index is 680. The van der Waals surface area contributed by atoms with Gasteiger partial charge in [0.25, 0.3) is 5.91 Å². The number of hydrogen-bond donors (Lipinski definition) is 1. The highest BCUT2D eigenvalue weighted by Gasteiger charge is 2.41. The molecule has 2 amide bonds. The van der Waals surface area contributed by atoms with Crippen LogP contribution in [-0.2, 0) is 14.8 Å². The summed E-state index contributed by atoms with van der Waals surface area (Å²) >= 11 is 0. The molecule has 0 aliphatic carbocycles. The molecule has 1 aliphatic rings. The predicted molar refractivity (Wildman–Crippen MR) is 84.1 cm³/mol. The van der Waals surface area contributed by atoms with E-state index in [0.717, 1.165) is 4.31 Å². The molecule has 6 nitrogen and oxygen atoms in total. The third kappa shape index (κ3) is 3.30. The molecule has 1 N–H and O–H groups in total. The molecular formula is C15H20N2O4S. The molecule has 0 spiro atoms. The number of carbonyl (C=O) groups excluding carboxylic acids is 2. The van der Waals surface area contributed by atoms with Crippen LogP contribution in [0.25, 0.3) is 0 Å². The van der Waals surface area contributed by atoms with Crippen LogP contribution in [0.3, 0.4) is 0 Å². The van der Waals surface area contributed by atoms with Gasteiger partial charge >= 0.3 is 0 Å². The van der Waals surface area contributed by atoms with Gasteiger partial charge in [0.15, 0.2) is 0 Å².